The highest BCUT2D eigenvalue weighted by Gasteiger charge is 2.10. The third kappa shape index (κ3) is 4.08. The van der Waals surface area contributed by atoms with Crippen molar-refractivity contribution in [3.8, 4) is 16.9 Å². The van der Waals surface area contributed by atoms with Gasteiger partial charge in [0, 0.05) is 65.9 Å². The summed E-state index contributed by atoms with van der Waals surface area (Å²) in [5.41, 5.74) is 5.22. The summed E-state index contributed by atoms with van der Waals surface area (Å²) in [5.74, 6) is 0.732. The predicted octanol–water partition coefficient (Wildman–Crippen LogP) is 4.47. The smallest absolute Gasteiger partial charge is 0.258 e. The maximum atomic E-state index is 12.9. The lowest BCUT2D eigenvalue weighted by Crippen LogP contribution is -2.22. The first-order valence-electron chi connectivity index (χ1n) is 10.6. The van der Waals surface area contributed by atoms with Crippen LogP contribution in [0.1, 0.15) is 16.8 Å². The van der Waals surface area contributed by atoms with Gasteiger partial charge < -0.3 is 5.32 Å². The highest BCUT2D eigenvalue weighted by atomic mass is 16.1. The van der Waals surface area contributed by atoms with Gasteiger partial charge in [-0.25, -0.2) is 4.98 Å². The van der Waals surface area contributed by atoms with Crippen molar-refractivity contribution in [2.75, 3.05) is 5.32 Å². The van der Waals surface area contributed by atoms with E-state index in [9.17, 15) is 4.79 Å². The van der Waals surface area contributed by atoms with Gasteiger partial charge in [0.25, 0.3) is 5.56 Å². The Morgan fingerprint density at radius 1 is 0.909 bits per heavy atom. The second-order valence-corrected chi connectivity index (χ2v) is 7.84. The Balaban J connectivity index is 1.42. The van der Waals surface area contributed by atoms with E-state index in [-0.39, 0.29) is 5.56 Å². The molecule has 0 bridgehead atoms. The van der Waals surface area contributed by atoms with E-state index >= 15 is 0 Å². The lowest BCUT2D eigenvalue weighted by atomic mass is 10.1. The van der Waals surface area contributed by atoms with Crippen LogP contribution in [-0.2, 0) is 6.54 Å². The monoisotopic (exact) mass is 434 g/mol. The van der Waals surface area contributed by atoms with Gasteiger partial charge in [-0.2, -0.15) is 0 Å². The Hall–Kier alpha value is -4.39. The summed E-state index contributed by atoms with van der Waals surface area (Å²) in [7, 11) is 0. The van der Waals surface area contributed by atoms with Gasteiger partial charge in [0.1, 0.15) is 5.82 Å². The van der Waals surface area contributed by atoms with Gasteiger partial charge in [-0.15, -0.1) is 0 Å². The number of aromatic nitrogens is 5. The van der Waals surface area contributed by atoms with E-state index in [1.54, 1.807) is 35.6 Å². The van der Waals surface area contributed by atoms with Crippen LogP contribution in [0.5, 0.6) is 0 Å². The lowest BCUT2D eigenvalue weighted by molar-refractivity contribution is 0.938. The zero-order chi connectivity index (χ0) is 22.8. The number of hydrogen-bond donors (Lipinski definition) is 1. The zero-order valence-electron chi connectivity index (χ0n) is 18.4. The molecule has 5 aromatic rings. The Morgan fingerprint density at radius 2 is 1.73 bits per heavy atom. The Bertz CT molecular complexity index is 1510. The van der Waals surface area contributed by atoms with E-state index in [1.807, 2.05) is 56.4 Å². The lowest BCUT2D eigenvalue weighted by Gasteiger charge is -2.13. The highest BCUT2D eigenvalue weighted by Crippen LogP contribution is 2.26. The summed E-state index contributed by atoms with van der Waals surface area (Å²) in [4.78, 5) is 30.3. The number of anilines is 1. The summed E-state index contributed by atoms with van der Waals surface area (Å²) in [6.45, 7) is 4.29. The Kier molecular flexibility index (Phi) is 5.36. The third-order valence-corrected chi connectivity index (χ3v) is 5.67. The topological polar surface area (TPSA) is 85.6 Å². The summed E-state index contributed by atoms with van der Waals surface area (Å²) in [6, 6.07) is 13.6. The molecule has 0 amide bonds. The van der Waals surface area contributed by atoms with Crippen molar-refractivity contribution in [1.82, 2.24) is 24.5 Å². The van der Waals surface area contributed by atoms with Crippen molar-refractivity contribution in [3.63, 3.8) is 0 Å². The van der Waals surface area contributed by atoms with Crippen LogP contribution in [0.15, 0.2) is 84.4 Å². The maximum absolute atomic E-state index is 12.9. The Morgan fingerprint density at radius 3 is 2.55 bits per heavy atom. The van der Waals surface area contributed by atoms with Crippen LogP contribution in [0.4, 0.5) is 5.82 Å². The summed E-state index contributed by atoms with van der Waals surface area (Å²) >= 11 is 0. The van der Waals surface area contributed by atoms with Crippen molar-refractivity contribution >= 4 is 16.6 Å². The first kappa shape index (κ1) is 20.5. The van der Waals surface area contributed by atoms with Crippen LogP contribution in [0.25, 0.3) is 27.7 Å². The van der Waals surface area contributed by atoms with Crippen molar-refractivity contribution in [1.29, 1.82) is 0 Å². The van der Waals surface area contributed by atoms with Gasteiger partial charge in [0.05, 0.1) is 11.4 Å². The molecule has 0 radical (unpaired) electrons. The third-order valence-electron chi connectivity index (χ3n) is 5.67. The standard InChI is InChI=1S/C26H22N6O/c1-17-13-20(4-10-28-17)24-14-19-3-11-29-25(23(19)16-30-24)31-15-21-7-12-32(26(33)18(21)2)22-5-8-27-9-6-22/h3-14,16H,15H2,1-2H3,(H,29,31). The SMILES string of the molecule is Cc1cc(-c2cc3ccnc(NCc4ccn(-c5ccncc5)c(=O)c4C)c3cn2)ccn1. The molecule has 5 aromatic heterocycles. The van der Waals surface area contributed by atoms with Crippen molar-refractivity contribution in [3.05, 3.63) is 107 Å². The van der Waals surface area contributed by atoms with Crippen molar-refractivity contribution in [2.24, 2.45) is 0 Å². The largest absolute Gasteiger partial charge is 0.365 e. The van der Waals surface area contributed by atoms with E-state index in [4.69, 9.17) is 0 Å². The van der Waals surface area contributed by atoms with E-state index in [0.717, 1.165) is 44.8 Å². The molecule has 7 heteroatoms. The van der Waals surface area contributed by atoms with Crippen LogP contribution in [-0.4, -0.2) is 24.5 Å². The molecule has 0 saturated carbocycles. The molecular formula is C26H22N6O. The molecule has 7 nitrogen and oxygen atoms in total. The molecule has 0 aliphatic rings. The highest BCUT2D eigenvalue weighted by molar-refractivity contribution is 5.93. The first-order chi connectivity index (χ1) is 16.1. The molecule has 5 heterocycles. The second-order valence-electron chi connectivity index (χ2n) is 7.84. The number of pyridine rings is 5. The van der Waals surface area contributed by atoms with Gasteiger partial charge in [0.15, 0.2) is 0 Å². The minimum Gasteiger partial charge on any atom is -0.365 e. The van der Waals surface area contributed by atoms with Crippen LogP contribution in [0.2, 0.25) is 0 Å². The van der Waals surface area contributed by atoms with Gasteiger partial charge in [-0.1, -0.05) is 0 Å². The number of hydrogen-bond acceptors (Lipinski definition) is 6. The Labute approximate surface area is 190 Å². The average molecular weight is 435 g/mol. The van der Waals surface area contributed by atoms with Crippen LogP contribution >= 0.6 is 0 Å². The van der Waals surface area contributed by atoms with E-state index < -0.39 is 0 Å². The number of fused-ring (bicyclic) bond motifs is 1. The maximum Gasteiger partial charge on any atom is 0.258 e. The molecule has 0 saturated heterocycles. The number of rotatable bonds is 5. The van der Waals surface area contributed by atoms with Crippen LogP contribution in [0.3, 0.4) is 0 Å². The predicted molar refractivity (Wildman–Crippen MR) is 129 cm³/mol. The minimum atomic E-state index is -0.0506. The van der Waals surface area contributed by atoms with Gasteiger partial charge in [-0.3, -0.25) is 24.3 Å². The fraction of sp³-hybridized carbons (Fsp3) is 0.115. The molecule has 0 aromatic carbocycles. The minimum absolute atomic E-state index is 0.0506. The quantitative estimate of drug-likeness (QED) is 0.439. The molecular weight excluding hydrogens is 412 g/mol. The normalized spacial score (nSPS) is 11.0. The summed E-state index contributed by atoms with van der Waals surface area (Å²) in [5, 5.41) is 5.34. The molecule has 0 aliphatic heterocycles. The molecule has 33 heavy (non-hydrogen) atoms. The van der Waals surface area contributed by atoms with Gasteiger partial charge >= 0.3 is 0 Å². The second kappa shape index (κ2) is 8.63. The zero-order valence-corrected chi connectivity index (χ0v) is 18.4. The van der Waals surface area contributed by atoms with E-state index in [0.29, 0.717) is 12.1 Å². The number of nitrogens with zero attached hydrogens (tertiary/aromatic N) is 5. The first-order valence-corrected chi connectivity index (χ1v) is 10.6. The van der Waals surface area contributed by atoms with E-state index in [1.165, 1.54) is 0 Å². The fourth-order valence-corrected chi connectivity index (χ4v) is 3.83. The molecule has 162 valence electrons. The molecule has 0 fully saturated rings. The molecule has 0 unspecified atom stereocenters. The van der Waals surface area contributed by atoms with E-state index in [2.05, 4.69) is 31.3 Å². The molecule has 0 atom stereocenters. The van der Waals surface area contributed by atoms with Gasteiger partial charge in [0.2, 0.25) is 0 Å². The van der Waals surface area contributed by atoms with Crippen LogP contribution < -0.4 is 10.9 Å². The number of aryl methyl sites for hydroxylation is 1. The summed E-state index contributed by atoms with van der Waals surface area (Å²) < 4.78 is 1.63. The van der Waals surface area contributed by atoms with Gasteiger partial charge in [-0.05, 0) is 67.3 Å². The molecule has 5 rings (SSSR count). The molecule has 1 N–H and O–H groups in total. The van der Waals surface area contributed by atoms with Crippen molar-refractivity contribution in [2.45, 2.75) is 20.4 Å². The molecule has 0 aliphatic carbocycles. The van der Waals surface area contributed by atoms with Crippen LogP contribution in [0, 0.1) is 13.8 Å². The molecule has 0 spiro atoms. The summed E-state index contributed by atoms with van der Waals surface area (Å²) in [6.07, 6.45) is 10.6. The average Bonchev–Trinajstić information content (AvgIpc) is 2.85. The van der Waals surface area contributed by atoms with Crippen molar-refractivity contribution < 1.29 is 0 Å². The number of nitrogens with one attached hydrogen (secondary N) is 1. The fourth-order valence-electron chi connectivity index (χ4n) is 3.83.